The second-order valence-corrected chi connectivity index (χ2v) is 7.30. The van der Waals surface area contributed by atoms with Crippen LogP contribution in [0.3, 0.4) is 0 Å². The Morgan fingerprint density at radius 2 is 1.96 bits per heavy atom. The molecule has 2 heterocycles. The molecule has 28 heavy (non-hydrogen) atoms. The van der Waals surface area contributed by atoms with Crippen molar-refractivity contribution in [2.24, 2.45) is 0 Å². The van der Waals surface area contributed by atoms with Crippen molar-refractivity contribution in [3.8, 4) is 10.6 Å². The van der Waals surface area contributed by atoms with Crippen LogP contribution in [0.5, 0.6) is 0 Å². The maximum atomic E-state index is 12.3. The Bertz CT molecular complexity index is 1160. The van der Waals surface area contributed by atoms with Crippen LogP contribution in [0.4, 0.5) is 0 Å². The SMILES string of the molecule is Cc1cccc(-c2nc(CC(=O)NNC(=O)c3c[nH]c4ccccc34)cs2)c1. The Labute approximate surface area is 165 Å². The lowest BCUT2D eigenvalue weighted by molar-refractivity contribution is -0.121. The second-order valence-electron chi connectivity index (χ2n) is 6.44. The number of amides is 2. The number of H-pyrrole nitrogens is 1. The molecule has 0 aliphatic rings. The number of aryl methyl sites for hydroxylation is 1. The van der Waals surface area contributed by atoms with Crippen LogP contribution >= 0.6 is 11.3 Å². The molecule has 4 rings (SSSR count). The lowest BCUT2D eigenvalue weighted by atomic mass is 10.1. The molecule has 0 unspecified atom stereocenters. The molecule has 0 saturated carbocycles. The lowest BCUT2D eigenvalue weighted by Gasteiger charge is -2.06. The molecule has 0 radical (unpaired) electrons. The number of hydrazine groups is 1. The Balaban J connectivity index is 1.37. The molecular formula is C21H18N4O2S. The van der Waals surface area contributed by atoms with Gasteiger partial charge in [0.2, 0.25) is 5.91 Å². The number of aromatic amines is 1. The number of fused-ring (bicyclic) bond motifs is 1. The summed E-state index contributed by atoms with van der Waals surface area (Å²) in [6.07, 6.45) is 1.72. The zero-order valence-corrected chi connectivity index (χ0v) is 16.0. The molecule has 0 aliphatic heterocycles. The van der Waals surface area contributed by atoms with Crippen molar-refractivity contribution in [3.63, 3.8) is 0 Å². The Morgan fingerprint density at radius 1 is 1.11 bits per heavy atom. The first kappa shape index (κ1) is 17.9. The zero-order valence-electron chi connectivity index (χ0n) is 15.2. The summed E-state index contributed by atoms with van der Waals surface area (Å²) in [6, 6.07) is 15.6. The number of rotatable bonds is 4. The molecule has 0 fully saturated rings. The van der Waals surface area contributed by atoms with Gasteiger partial charge in [-0.3, -0.25) is 20.4 Å². The number of para-hydroxylation sites is 1. The van der Waals surface area contributed by atoms with E-state index in [1.807, 2.05) is 54.8 Å². The van der Waals surface area contributed by atoms with E-state index < -0.39 is 0 Å². The normalized spacial score (nSPS) is 10.8. The molecule has 6 nitrogen and oxygen atoms in total. The molecule has 3 N–H and O–H groups in total. The van der Waals surface area contributed by atoms with Gasteiger partial charge in [-0.25, -0.2) is 4.98 Å². The molecule has 2 aromatic carbocycles. The quantitative estimate of drug-likeness (QED) is 0.465. The zero-order chi connectivity index (χ0) is 19.5. The molecule has 2 amide bonds. The topological polar surface area (TPSA) is 86.9 Å². The molecular weight excluding hydrogens is 372 g/mol. The number of aromatic nitrogens is 2. The van der Waals surface area contributed by atoms with E-state index in [1.165, 1.54) is 11.3 Å². The van der Waals surface area contributed by atoms with E-state index in [9.17, 15) is 9.59 Å². The van der Waals surface area contributed by atoms with E-state index in [1.54, 1.807) is 6.20 Å². The Kier molecular flexibility index (Phi) is 4.90. The third-order valence-corrected chi connectivity index (χ3v) is 5.25. The van der Waals surface area contributed by atoms with Crippen molar-refractivity contribution in [2.45, 2.75) is 13.3 Å². The van der Waals surface area contributed by atoms with Crippen LogP contribution in [-0.2, 0) is 11.2 Å². The molecule has 0 atom stereocenters. The summed E-state index contributed by atoms with van der Waals surface area (Å²) in [4.78, 5) is 32.1. The maximum absolute atomic E-state index is 12.3. The van der Waals surface area contributed by atoms with E-state index >= 15 is 0 Å². The van der Waals surface area contributed by atoms with Crippen LogP contribution in [0, 0.1) is 6.92 Å². The number of carbonyl (C=O) groups is 2. The largest absolute Gasteiger partial charge is 0.360 e. The lowest BCUT2D eigenvalue weighted by Crippen LogP contribution is -2.42. The number of nitrogens with zero attached hydrogens (tertiary/aromatic N) is 1. The number of carbonyl (C=O) groups excluding carboxylic acids is 2. The van der Waals surface area contributed by atoms with Crippen LogP contribution < -0.4 is 10.9 Å². The van der Waals surface area contributed by atoms with Gasteiger partial charge >= 0.3 is 0 Å². The van der Waals surface area contributed by atoms with Gasteiger partial charge in [-0.1, -0.05) is 42.0 Å². The molecule has 4 aromatic rings. The summed E-state index contributed by atoms with van der Waals surface area (Å²) in [7, 11) is 0. The molecule has 0 saturated heterocycles. The van der Waals surface area contributed by atoms with E-state index in [0.29, 0.717) is 11.3 Å². The summed E-state index contributed by atoms with van der Waals surface area (Å²) < 4.78 is 0. The van der Waals surface area contributed by atoms with Gasteiger partial charge in [0.25, 0.3) is 5.91 Å². The average Bonchev–Trinajstić information content (AvgIpc) is 3.33. The monoisotopic (exact) mass is 390 g/mol. The Morgan fingerprint density at radius 3 is 2.82 bits per heavy atom. The summed E-state index contributed by atoms with van der Waals surface area (Å²) in [5.41, 5.74) is 9.12. The van der Waals surface area contributed by atoms with Crippen molar-refractivity contribution >= 4 is 34.1 Å². The minimum absolute atomic E-state index is 0.0937. The van der Waals surface area contributed by atoms with Gasteiger partial charge in [0, 0.05) is 28.0 Å². The van der Waals surface area contributed by atoms with Crippen molar-refractivity contribution in [2.75, 3.05) is 0 Å². The molecule has 2 aromatic heterocycles. The van der Waals surface area contributed by atoms with Crippen LogP contribution in [0.1, 0.15) is 21.6 Å². The minimum Gasteiger partial charge on any atom is -0.360 e. The fourth-order valence-electron chi connectivity index (χ4n) is 2.96. The van der Waals surface area contributed by atoms with Gasteiger partial charge in [0.05, 0.1) is 17.7 Å². The third kappa shape index (κ3) is 3.79. The standard InChI is InChI=1S/C21H18N4O2S/c1-13-5-4-6-14(9-13)21-23-15(12-28-21)10-19(26)24-25-20(27)17-11-22-18-8-3-2-7-16(17)18/h2-9,11-12,22H,10H2,1H3,(H,24,26)(H,25,27). The first-order valence-corrected chi connectivity index (χ1v) is 9.65. The second kappa shape index (κ2) is 7.66. The first-order chi connectivity index (χ1) is 13.6. The molecule has 0 bridgehead atoms. The summed E-state index contributed by atoms with van der Waals surface area (Å²) >= 11 is 1.49. The van der Waals surface area contributed by atoms with E-state index in [-0.39, 0.29) is 18.2 Å². The van der Waals surface area contributed by atoms with E-state index in [0.717, 1.165) is 27.0 Å². The fraction of sp³-hybridized carbons (Fsp3) is 0.0952. The summed E-state index contributed by atoms with van der Waals surface area (Å²) in [5, 5.41) is 3.53. The number of thiazole rings is 1. The predicted octanol–water partition coefficient (Wildman–Crippen LogP) is 3.60. The Hall–Kier alpha value is -3.45. The summed E-state index contributed by atoms with van der Waals surface area (Å²) in [6.45, 7) is 2.03. The predicted molar refractivity (Wildman–Crippen MR) is 110 cm³/mol. The van der Waals surface area contributed by atoms with Gasteiger partial charge < -0.3 is 4.98 Å². The van der Waals surface area contributed by atoms with Crippen LogP contribution in [0.25, 0.3) is 21.5 Å². The highest BCUT2D eigenvalue weighted by atomic mass is 32.1. The van der Waals surface area contributed by atoms with Crippen molar-refractivity contribution in [1.82, 2.24) is 20.8 Å². The maximum Gasteiger partial charge on any atom is 0.271 e. The third-order valence-electron chi connectivity index (χ3n) is 4.31. The number of hydrogen-bond acceptors (Lipinski definition) is 4. The average molecular weight is 390 g/mol. The van der Waals surface area contributed by atoms with E-state index in [2.05, 4.69) is 26.9 Å². The number of hydrogen-bond donors (Lipinski definition) is 3. The molecule has 7 heteroatoms. The van der Waals surface area contributed by atoms with Crippen molar-refractivity contribution < 1.29 is 9.59 Å². The number of nitrogens with one attached hydrogen (secondary N) is 3. The van der Waals surface area contributed by atoms with Gasteiger partial charge in [-0.15, -0.1) is 11.3 Å². The smallest absolute Gasteiger partial charge is 0.271 e. The fourth-order valence-corrected chi connectivity index (χ4v) is 3.78. The van der Waals surface area contributed by atoms with Crippen LogP contribution in [0.2, 0.25) is 0 Å². The number of benzene rings is 2. The first-order valence-electron chi connectivity index (χ1n) is 8.77. The molecule has 0 aliphatic carbocycles. The van der Waals surface area contributed by atoms with E-state index in [4.69, 9.17) is 0 Å². The summed E-state index contributed by atoms with van der Waals surface area (Å²) in [5.74, 6) is -0.696. The highest BCUT2D eigenvalue weighted by molar-refractivity contribution is 7.13. The van der Waals surface area contributed by atoms with Crippen LogP contribution in [-0.4, -0.2) is 21.8 Å². The highest BCUT2D eigenvalue weighted by Crippen LogP contribution is 2.24. The van der Waals surface area contributed by atoms with Crippen molar-refractivity contribution in [1.29, 1.82) is 0 Å². The molecule has 140 valence electrons. The van der Waals surface area contributed by atoms with Gasteiger partial charge in [-0.05, 0) is 19.1 Å². The van der Waals surface area contributed by atoms with Crippen LogP contribution in [0.15, 0.2) is 60.1 Å². The van der Waals surface area contributed by atoms with Gasteiger partial charge in [0.1, 0.15) is 5.01 Å². The van der Waals surface area contributed by atoms with Gasteiger partial charge in [0.15, 0.2) is 0 Å². The molecule has 0 spiro atoms. The minimum atomic E-state index is -0.371. The van der Waals surface area contributed by atoms with Crippen molar-refractivity contribution in [3.05, 3.63) is 76.9 Å². The highest BCUT2D eigenvalue weighted by Gasteiger charge is 2.14. The van der Waals surface area contributed by atoms with Gasteiger partial charge in [-0.2, -0.15) is 0 Å².